The summed E-state index contributed by atoms with van der Waals surface area (Å²) in [6.07, 6.45) is 2.52. The third-order valence-electron chi connectivity index (χ3n) is 3.19. The van der Waals surface area contributed by atoms with Crippen molar-refractivity contribution in [2.75, 3.05) is 7.11 Å². The molecule has 0 aliphatic carbocycles. The molecule has 4 nitrogen and oxygen atoms in total. The summed E-state index contributed by atoms with van der Waals surface area (Å²) in [5.74, 6) is 0.584. The third-order valence-corrected chi connectivity index (χ3v) is 3.81. The van der Waals surface area contributed by atoms with Crippen molar-refractivity contribution in [1.82, 2.24) is 4.90 Å². The highest BCUT2D eigenvalue weighted by Gasteiger charge is 2.24. The molecule has 1 saturated heterocycles. The third kappa shape index (κ3) is 3.35. The summed E-state index contributed by atoms with van der Waals surface area (Å²) >= 11 is 3.40. The predicted molar refractivity (Wildman–Crippen MR) is 74.7 cm³/mol. The summed E-state index contributed by atoms with van der Waals surface area (Å²) < 4.78 is 5.98. The molecule has 0 unspecified atom stereocenters. The molecule has 2 amide bonds. The number of halogens is 1. The van der Waals surface area contributed by atoms with E-state index in [0.29, 0.717) is 19.4 Å². The quantitative estimate of drug-likeness (QED) is 0.803. The summed E-state index contributed by atoms with van der Waals surface area (Å²) in [4.78, 5) is 25.2. The van der Waals surface area contributed by atoms with Crippen molar-refractivity contribution in [2.45, 2.75) is 32.2 Å². The van der Waals surface area contributed by atoms with Gasteiger partial charge in [-0.2, -0.15) is 0 Å². The van der Waals surface area contributed by atoms with Crippen LogP contribution in [0.4, 0.5) is 0 Å². The number of carbonyl (C=O) groups is 2. The second-order valence-corrected chi connectivity index (χ2v) is 5.40. The van der Waals surface area contributed by atoms with Gasteiger partial charge in [-0.3, -0.25) is 14.5 Å². The van der Waals surface area contributed by atoms with Gasteiger partial charge in [0, 0.05) is 12.8 Å². The highest BCUT2D eigenvalue weighted by Crippen LogP contribution is 2.26. The van der Waals surface area contributed by atoms with E-state index >= 15 is 0 Å². The molecule has 0 saturated carbocycles. The molecule has 0 bridgehead atoms. The monoisotopic (exact) mass is 325 g/mol. The van der Waals surface area contributed by atoms with E-state index in [1.807, 2.05) is 18.2 Å². The lowest BCUT2D eigenvalue weighted by atomic mass is 10.2. The summed E-state index contributed by atoms with van der Waals surface area (Å²) in [6, 6.07) is 5.57. The SMILES string of the molecule is COc1ccc(CN2C(=O)CCCCC2=O)cc1Br. The first-order valence-electron chi connectivity index (χ1n) is 6.27. The molecule has 5 heteroatoms. The average Bonchev–Trinajstić information content (AvgIpc) is 2.54. The first-order valence-corrected chi connectivity index (χ1v) is 7.06. The van der Waals surface area contributed by atoms with Crippen LogP contribution in [0.3, 0.4) is 0 Å². The van der Waals surface area contributed by atoms with Crippen molar-refractivity contribution >= 4 is 27.7 Å². The fourth-order valence-corrected chi connectivity index (χ4v) is 2.72. The Hall–Kier alpha value is -1.36. The van der Waals surface area contributed by atoms with Crippen LogP contribution in [0.5, 0.6) is 5.75 Å². The number of likely N-dealkylation sites (tertiary alicyclic amines) is 1. The number of rotatable bonds is 3. The lowest BCUT2D eigenvalue weighted by Gasteiger charge is -2.19. The zero-order valence-electron chi connectivity index (χ0n) is 10.8. The van der Waals surface area contributed by atoms with Crippen LogP contribution in [0.1, 0.15) is 31.2 Å². The zero-order chi connectivity index (χ0) is 13.8. The van der Waals surface area contributed by atoms with E-state index < -0.39 is 0 Å². The fraction of sp³-hybridized carbons (Fsp3) is 0.429. The first-order chi connectivity index (χ1) is 9.11. The number of ether oxygens (including phenoxy) is 1. The Morgan fingerprint density at radius 3 is 2.37 bits per heavy atom. The van der Waals surface area contributed by atoms with Crippen LogP contribution in [0.25, 0.3) is 0 Å². The predicted octanol–water partition coefficient (Wildman–Crippen LogP) is 2.89. The normalized spacial score (nSPS) is 16.4. The Kier molecular flexibility index (Phi) is 4.58. The molecular formula is C14H16BrNO3. The minimum absolute atomic E-state index is 0.0746. The molecular weight excluding hydrogens is 310 g/mol. The lowest BCUT2D eigenvalue weighted by Crippen LogP contribution is -2.34. The number of imide groups is 1. The van der Waals surface area contributed by atoms with Gasteiger partial charge in [-0.1, -0.05) is 6.07 Å². The topological polar surface area (TPSA) is 46.6 Å². The van der Waals surface area contributed by atoms with Gasteiger partial charge in [0.15, 0.2) is 0 Å². The molecule has 102 valence electrons. The molecule has 1 heterocycles. The largest absolute Gasteiger partial charge is 0.496 e. The van der Waals surface area contributed by atoms with Crippen molar-refractivity contribution < 1.29 is 14.3 Å². The van der Waals surface area contributed by atoms with Crippen LogP contribution in [-0.2, 0) is 16.1 Å². The Bertz CT molecular complexity index is 483. The Labute approximate surface area is 120 Å². The van der Waals surface area contributed by atoms with E-state index in [4.69, 9.17) is 4.74 Å². The first kappa shape index (κ1) is 14.1. The van der Waals surface area contributed by atoms with Gasteiger partial charge in [-0.15, -0.1) is 0 Å². The van der Waals surface area contributed by atoms with Gasteiger partial charge in [0.1, 0.15) is 5.75 Å². The minimum Gasteiger partial charge on any atom is -0.496 e. The summed E-state index contributed by atoms with van der Waals surface area (Å²) in [6.45, 7) is 0.334. The van der Waals surface area contributed by atoms with Crippen LogP contribution in [0, 0.1) is 0 Å². The number of benzene rings is 1. The number of nitrogens with zero attached hydrogens (tertiary/aromatic N) is 1. The number of hydrogen-bond acceptors (Lipinski definition) is 3. The fourth-order valence-electron chi connectivity index (χ4n) is 2.13. The minimum atomic E-state index is -0.0746. The number of amides is 2. The van der Waals surface area contributed by atoms with Crippen LogP contribution >= 0.6 is 15.9 Å². The van der Waals surface area contributed by atoms with Gasteiger partial charge in [0.2, 0.25) is 11.8 Å². The van der Waals surface area contributed by atoms with Crippen molar-refractivity contribution in [2.24, 2.45) is 0 Å². The Morgan fingerprint density at radius 2 is 1.84 bits per heavy atom. The van der Waals surface area contributed by atoms with Crippen LogP contribution in [0.15, 0.2) is 22.7 Å². The summed E-state index contributed by atoms with van der Waals surface area (Å²) in [5.41, 5.74) is 0.913. The maximum Gasteiger partial charge on any atom is 0.229 e. The molecule has 0 atom stereocenters. The van der Waals surface area contributed by atoms with Crippen molar-refractivity contribution in [3.63, 3.8) is 0 Å². The second-order valence-electron chi connectivity index (χ2n) is 4.55. The molecule has 1 aromatic rings. The van der Waals surface area contributed by atoms with Crippen LogP contribution < -0.4 is 4.74 Å². The average molecular weight is 326 g/mol. The van der Waals surface area contributed by atoms with Crippen LogP contribution in [-0.4, -0.2) is 23.8 Å². The van der Waals surface area contributed by atoms with E-state index in [1.54, 1.807) is 7.11 Å². The molecule has 1 fully saturated rings. The van der Waals surface area contributed by atoms with E-state index in [1.165, 1.54) is 4.90 Å². The van der Waals surface area contributed by atoms with Gasteiger partial charge >= 0.3 is 0 Å². The van der Waals surface area contributed by atoms with Gasteiger partial charge in [0.25, 0.3) is 0 Å². The van der Waals surface area contributed by atoms with E-state index in [9.17, 15) is 9.59 Å². The Balaban J connectivity index is 2.16. The molecule has 0 N–H and O–H groups in total. The molecule has 0 radical (unpaired) electrons. The van der Waals surface area contributed by atoms with Gasteiger partial charge < -0.3 is 4.74 Å². The lowest BCUT2D eigenvalue weighted by molar-refractivity contribution is -0.144. The van der Waals surface area contributed by atoms with Gasteiger partial charge in [-0.25, -0.2) is 0 Å². The van der Waals surface area contributed by atoms with Gasteiger partial charge in [-0.05, 0) is 46.5 Å². The molecule has 2 rings (SSSR count). The maximum atomic E-state index is 11.9. The standard InChI is InChI=1S/C14H16BrNO3/c1-19-12-7-6-10(8-11(12)15)9-16-13(17)4-2-3-5-14(16)18/h6-8H,2-5,9H2,1H3. The summed E-state index contributed by atoms with van der Waals surface area (Å²) in [5, 5.41) is 0. The molecule has 0 aromatic heterocycles. The molecule has 1 aromatic carbocycles. The highest BCUT2D eigenvalue weighted by molar-refractivity contribution is 9.10. The number of methoxy groups -OCH3 is 1. The van der Waals surface area contributed by atoms with E-state index in [0.717, 1.165) is 28.6 Å². The zero-order valence-corrected chi connectivity index (χ0v) is 12.4. The Morgan fingerprint density at radius 1 is 1.21 bits per heavy atom. The second kappa shape index (κ2) is 6.19. The molecule has 1 aliphatic heterocycles. The van der Waals surface area contributed by atoms with Crippen molar-refractivity contribution in [3.8, 4) is 5.75 Å². The maximum absolute atomic E-state index is 11.9. The van der Waals surface area contributed by atoms with Gasteiger partial charge in [0.05, 0.1) is 18.1 Å². The summed E-state index contributed by atoms with van der Waals surface area (Å²) in [7, 11) is 1.60. The van der Waals surface area contributed by atoms with E-state index in [-0.39, 0.29) is 11.8 Å². The number of hydrogen-bond donors (Lipinski definition) is 0. The number of carbonyl (C=O) groups excluding carboxylic acids is 2. The van der Waals surface area contributed by atoms with Crippen molar-refractivity contribution in [3.05, 3.63) is 28.2 Å². The van der Waals surface area contributed by atoms with Crippen LogP contribution in [0.2, 0.25) is 0 Å². The molecule has 19 heavy (non-hydrogen) atoms. The molecule has 0 spiro atoms. The van der Waals surface area contributed by atoms with E-state index in [2.05, 4.69) is 15.9 Å². The van der Waals surface area contributed by atoms with Crippen molar-refractivity contribution in [1.29, 1.82) is 0 Å². The highest BCUT2D eigenvalue weighted by atomic mass is 79.9. The molecule has 1 aliphatic rings. The smallest absolute Gasteiger partial charge is 0.229 e.